The molecule has 1 aliphatic heterocycles. The fourth-order valence-corrected chi connectivity index (χ4v) is 3.06. The maximum Gasteiger partial charge on any atom is 0.263 e. The van der Waals surface area contributed by atoms with Crippen molar-refractivity contribution in [2.45, 2.75) is 0 Å². The lowest BCUT2D eigenvalue weighted by atomic mass is 10.3. The average Bonchev–Trinajstić information content (AvgIpc) is 3.19. The number of thiophene rings is 1. The first-order chi connectivity index (χ1) is 10.3. The Kier molecular flexibility index (Phi) is 6.25. The van der Waals surface area contributed by atoms with Gasteiger partial charge in [0, 0.05) is 39.3 Å². The van der Waals surface area contributed by atoms with Crippen molar-refractivity contribution in [2.75, 3.05) is 39.3 Å². The number of amides is 1. The van der Waals surface area contributed by atoms with Crippen molar-refractivity contribution in [1.82, 2.24) is 35.7 Å². The molecule has 2 aromatic rings. The molecule has 0 saturated carbocycles. The number of hydrogen-bond acceptors (Lipinski definition) is 7. The van der Waals surface area contributed by atoms with Crippen LogP contribution in [0.2, 0.25) is 0 Å². The Balaban J connectivity index is 0.00000176. The molecule has 0 radical (unpaired) electrons. The lowest BCUT2D eigenvalue weighted by Crippen LogP contribution is -2.46. The summed E-state index contributed by atoms with van der Waals surface area (Å²) in [6, 6.07) is 1.84. The van der Waals surface area contributed by atoms with E-state index in [1.807, 2.05) is 11.4 Å². The van der Waals surface area contributed by atoms with Crippen molar-refractivity contribution in [2.24, 2.45) is 0 Å². The number of piperazine rings is 1. The van der Waals surface area contributed by atoms with Crippen LogP contribution in [0.5, 0.6) is 0 Å². The van der Waals surface area contributed by atoms with Gasteiger partial charge in [-0.1, -0.05) is 0 Å². The molecular formula is C12H18ClN7OS. The third kappa shape index (κ3) is 4.01. The molecule has 3 heterocycles. The quantitative estimate of drug-likeness (QED) is 0.780. The standard InChI is InChI=1S/C12H17N7OS.ClH/c20-12(14-4-7-18-5-2-13-3-6-18)11-10(1-8-21-11)19-9-15-16-17-19;/h1,8-9,13H,2-7H2,(H,14,20);1H. The third-order valence-corrected chi connectivity index (χ3v) is 4.27. The van der Waals surface area contributed by atoms with Gasteiger partial charge in [-0.15, -0.1) is 28.8 Å². The summed E-state index contributed by atoms with van der Waals surface area (Å²) in [6.07, 6.45) is 1.49. The number of aromatic nitrogens is 4. The van der Waals surface area contributed by atoms with Crippen molar-refractivity contribution in [3.8, 4) is 5.69 Å². The van der Waals surface area contributed by atoms with Gasteiger partial charge in [0.05, 0.1) is 5.69 Å². The Morgan fingerprint density at radius 3 is 2.95 bits per heavy atom. The Labute approximate surface area is 138 Å². The topological polar surface area (TPSA) is 88.0 Å². The lowest BCUT2D eigenvalue weighted by Gasteiger charge is -2.27. The summed E-state index contributed by atoms with van der Waals surface area (Å²) in [5.74, 6) is -0.0781. The maximum absolute atomic E-state index is 12.3. The molecule has 22 heavy (non-hydrogen) atoms. The van der Waals surface area contributed by atoms with Crippen LogP contribution in [0.1, 0.15) is 9.67 Å². The predicted molar refractivity (Wildman–Crippen MR) is 85.9 cm³/mol. The number of nitrogens with zero attached hydrogens (tertiary/aromatic N) is 5. The Morgan fingerprint density at radius 1 is 1.41 bits per heavy atom. The smallest absolute Gasteiger partial charge is 0.263 e. The molecule has 8 nitrogen and oxygen atoms in total. The summed E-state index contributed by atoms with van der Waals surface area (Å²) in [5.41, 5.74) is 0.713. The Hall–Kier alpha value is -1.55. The van der Waals surface area contributed by atoms with E-state index >= 15 is 0 Å². The number of halogens is 1. The van der Waals surface area contributed by atoms with E-state index in [2.05, 4.69) is 31.1 Å². The number of hydrogen-bond donors (Lipinski definition) is 2. The highest BCUT2D eigenvalue weighted by Gasteiger charge is 2.16. The maximum atomic E-state index is 12.3. The van der Waals surface area contributed by atoms with Gasteiger partial charge in [-0.05, 0) is 21.9 Å². The second kappa shape index (κ2) is 8.18. The second-order valence-corrected chi connectivity index (χ2v) is 5.65. The normalized spacial score (nSPS) is 15.3. The molecule has 3 rings (SSSR count). The number of carbonyl (C=O) groups is 1. The van der Waals surface area contributed by atoms with Crippen molar-refractivity contribution in [1.29, 1.82) is 0 Å². The van der Waals surface area contributed by atoms with Crippen LogP contribution in [-0.4, -0.2) is 70.3 Å². The summed E-state index contributed by atoms with van der Waals surface area (Å²) in [5, 5.41) is 19.1. The van der Waals surface area contributed by atoms with Crippen LogP contribution in [0, 0.1) is 0 Å². The number of carbonyl (C=O) groups excluding carboxylic acids is 1. The van der Waals surface area contributed by atoms with Crippen LogP contribution in [-0.2, 0) is 0 Å². The van der Waals surface area contributed by atoms with Crippen molar-refractivity contribution >= 4 is 29.7 Å². The number of nitrogens with one attached hydrogen (secondary N) is 2. The molecule has 0 bridgehead atoms. The molecule has 1 fully saturated rings. The molecule has 10 heteroatoms. The first-order valence-electron chi connectivity index (χ1n) is 6.87. The minimum absolute atomic E-state index is 0. The summed E-state index contributed by atoms with van der Waals surface area (Å²) < 4.78 is 1.50. The van der Waals surface area contributed by atoms with Gasteiger partial charge in [0.1, 0.15) is 11.2 Å². The molecule has 120 valence electrons. The van der Waals surface area contributed by atoms with Gasteiger partial charge in [-0.3, -0.25) is 9.69 Å². The van der Waals surface area contributed by atoms with Gasteiger partial charge in [-0.25, -0.2) is 0 Å². The van der Waals surface area contributed by atoms with Crippen molar-refractivity contribution < 1.29 is 4.79 Å². The van der Waals surface area contributed by atoms with Gasteiger partial charge in [0.2, 0.25) is 0 Å². The van der Waals surface area contributed by atoms with Crippen LogP contribution >= 0.6 is 23.7 Å². The number of tetrazole rings is 1. The monoisotopic (exact) mass is 343 g/mol. The summed E-state index contributed by atoms with van der Waals surface area (Å²) in [7, 11) is 0. The van der Waals surface area contributed by atoms with E-state index in [0.717, 1.165) is 32.7 Å². The molecule has 0 aromatic carbocycles. The van der Waals surface area contributed by atoms with E-state index in [1.165, 1.54) is 22.3 Å². The summed E-state index contributed by atoms with van der Waals surface area (Å²) in [6.45, 7) is 5.62. The molecule has 1 amide bonds. The van der Waals surface area contributed by atoms with Gasteiger partial charge in [0.15, 0.2) is 0 Å². The second-order valence-electron chi connectivity index (χ2n) is 4.74. The highest BCUT2D eigenvalue weighted by molar-refractivity contribution is 7.12. The third-order valence-electron chi connectivity index (χ3n) is 3.37. The molecule has 0 unspecified atom stereocenters. The van der Waals surface area contributed by atoms with Gasteiger partial charge in [-0.2, -0.15) is 4.68 Å². The van der Waals surface area contributed by atoms with E-state index < -0.39 is 0 Å². The first-order valence-corrected chi connectivity index (χ1v) is 7.74. The highest BCUT2D eigenvalue weighted by atomic mass is 35.5. The van der Waals surface area contributed by atoms with E-state index in [4.69, 9.17) is 0 Å². The molecule has 0 atom stereocenters. The van der Waals surface area contributed by atoms with Gasteiger partial charge < -0.3 is 10.6 Å². The number of rotatable bonds is 5. The molecule has 0 spiro atoms. The van der Waals surface area contributed by atoms with Crippen molar-refractivity contribution in [3.05, 3.63) is 22.7 Å². The van der Waals surface area contributed by atoms with Gasteiger partial charge in [0.25, 0.3) is 5.91 Å². The zero-order valence-electron chi connectivity index (χ0n) is 11.9. The Bertz CT molecular complexity index is 582. The minimum Gasteiger partial charge on any atom is -0.350 e. The minimum atomic E-state index is -0.0781. The zero-order chi connectivity index (χ0) is 14.5. The molecular weight excluding hydrogens is 326 g/mol. The van der Waals surface area contributed by atoms with E-state index in [1.54, 1.807) is 0 Å². The zero-order valence-corrected chi connectivity index (χ0v) is 13.6. The molecule has 1 aliphatic rings. The fraction of sp³-hybridized carbons (Fsp3) is 0.500. The van der Waals surface area contributed by atoms with Crippen LogP contribution in [0.15, 0.2) is 17.8 Å². The Morgan fingerprint density at radius 2 is 2.23 bits per heavy atom. The SMILES string of the molecule is Cl.O=C(NCCN1CCNCC1)c1sccc1-n1cnnn1. The average molecular weight is 344 g/mol. The fourth-order valence-electron chi connectivity index (χ4n) is 2.27. The van der Waals surface area contributed by atoms with Crippen molar-refractivity contribution in [3.63, 3.8) is 0 Å². The van der Waals surface area contributed by atoms with Crippen LogP contribution < -0.4 is 10.6 Å². The summed E-state index contributed by atoms with van der Waals surface area (Å²) >= 11 is 1.39. The largest absolute Gasteiger partial charge is 0.350 e. The summed E-state index contributed by atoms with van der Waals surface area (Å²) in [4.78, 5) is 15.2. The van der Waals surface area contributed by atoms with E-state index in [-0.39, 0.29) is 18.3 Å². The molecule has 2 aromatic heterocycles. The molecule has 1 saturated heterocycles. The predicted octanol–water partition coefficient (Wildman–Crippen LogP) is -0.219. The van der Waals surface area contributed by atoms with Crippen LogP contribution in [0.25, 0.3) is 5.69 Å². The first kappa shape index (κ1) is 16.8. The van der Waals surface area contributed by atoms with Crippen LogP contribution in [0.3, 0.4) is 0 Å². The molecule has 0 aliphatic carbocycles. The van der Waals surface area contributed by atoms with E-state index in [0.29, 0.717) is 17.1 Å². The highest BCUT2D eigenvalue weighted by Crippen LogP contribution is 2.19. The van der Waals surface area contributed by atoms with Crippen LogP contribution in [0.4, 0.5) is 0 Å². The van der Waals surface area contributed by atoms with Gasteiger partial charge >= 0.3 is 0 Å². The lowest BCUT2D eigenvalue weighted by molar-refractivity contribution is 0.0951. The van der Waals surface area contributed by atoms with E-state index in [9.17, 15) is 4.79 Å². The molecule has 2 N–H and O–H groups in total.